The number of benzene rings is 2. The lowest BCUT2D eigenvalue weighted by Gasteiger charge is -2.07. The zero-order chi connectivity index (χ0) is 19.3. The summed E-state index contributed by atoms with van der Waals surface area (Å²) in [4.78, 5) is 12.7. The first-order valence-electron chi connectivity index (χ1n) is 9.67. The van der Waals surface area contributed by atoms with Gasteiger partial charge in [0.2, 0.25) is 0 Å². The van der Waals surface area contributed by atoms with E-state index in [1.54, 1.807) is 22.9 Å². The Labute approximate surface area is 163 Å². The van der Waals surface area contributed by atoms with Crippen LogP contribution in [-0.2, 0) is 12.8 Å². The average molecular weight is 378 g/mol. The molecule has 1 aliphatic carbocycles. The fraction of sp³-hybridized carbons (Fsp3) is 0.273. The van der Waals surface area contributed by atoms with E-state index in [4.69, 9.17) is 0 Å². The molecule has 4 rings (SSSR count). The van der Waals surface area contributed by atoms with Crippen LogP contribution < -0.4 is 10.6 Å². The second-order valence-corrected chi connectivity index (χ2v) is 6.89. The van der Waals surface area contributed by atoms with Crippen LogP contribution in [0.25, 0.3) is 5.69 Å². The molecular formula is C22H23FN4O. The molecule has 2 aromatic carbocycles. The van der Waals surface area contributed by atoms with Crippen molar-refractivity contribution in [1.82, 2.24) is 15.1 Å². The highest BCUT2D eigenvalue weighted by atomic mass is 19.1. The normalized spacial score (nSPS) is 12.6. The van der Waals surface area contributed by atoms with Gasteiger partial charge in [-0.25, -0.2) is 9.07 Å². The van der Waals surface area contributed by atoms with Gasteiger partial charge in [0.05, 0.1) is 0 Å². The molecule has 5 nitrogen and oxygen atoms in total. The minimum atomic E-state index is -0.335. The van der Waals surface area contributed by atoms with Gasteiger partial charge in [0.1, 0.15) is 11.5 Å². The van der Waals surface area contributed by atoms with Crippen molar-refractivity contribution in [1.29, 1.82) is 0 Å². The quantitative estimate of drug-likeness (QED) is 0.616. The summed E-state index contributed by atoms with van der Waals surface area (Å²) >= 11 is 0. The van der Waals surface area contributed by atoms with Crippen LogP contribution in [0.1, 0.15) is 34.6 Å². The third-order valence-corrected chi connectivity index (χ3v) is 4.97. The number of para-hydroxylation sites is 2. The van der Waals surface area contributed by atoms with Crippen LogP contribution >= 0.6 is 0 Å². The topological polar surface area (TPSA) is 59.0 Å². The van der Waals surface area contributed by atoms with Crippen molar-refractivity contribution in [2.24, 2.45) is 0 Å². The highest BCUT2D eigenvalue weighted by Gasteiger charge is 2.27. The van der Waals surface area contributed by atoms with Crippen LogP contribution in [0.5, 0.6) is 0 Å². The number of carbonyl (C=O) groups is 1. The third kappa shape index (κ3) is 3.76. The Bertz CT molecular complexity index is 968. The lowest BCUT2D eigenvalue weighted by atomic mass is 10.2. The first kappa shape index (κ1) is 18.2. The van der Waals surface area contributed by atoms with Crippen LogP contribution in [0.2, 0.25) is 0 Å². The summed E-state index contributed by atoms with van der Waals surface area (Å²) in [5.41, 5.74) is 3.78. The van der Waals surface area contributed by atoms with E-state index in [1.165, 1.54) is 6.07 Å². The van der Waals surface area contributed by atoms with Gasteiger partial charge in [-0.1, -0.05) is 30.3 Å². The number of hydrogen-bond acceptors (Lipinski definition) is 3. The summed E-state index contributed by atoms with van der Waals surface area (Å²) in [6.45, 7) is 1.33. The van der Waals surface area contributed by atoms with Gasteiger partial charge in [0.15, 0.2) is 5.69 Å². The maximum atomic E-state index is 14.2. The number of nitrogens with one attached hydrogen (secondary N) is 2. The van der Waals surface area contributed by atoms with Gasteiger partial charge in [-0.05, 0) is 49.9 Å². The Morgan fingerprint density at radius 2 is 1.82 bits per heavy atom. The maximum Gasteiger partial charge on any atom is 0.272 e. The molecule has 0 spiro atoms. The second-order valence-electron chi connectivity index (χ2n) is 6.89. The molecule has 0 saturated carbocycles. The number of nitrogens with zero attached hydrogens (tertiary/aromatic N) is 2. The highest BCUT2D eigenvalue weighted by Crippen LogP contribution is 2.28. The molecular weight excluding hydrogens is 355 g/mol. The monoisotopic (exact) mass is 378 g/mol. The molecule has 28 heavy (non-hydrogen) atoms. The van der Waals surface area contributed by atoms with Crippen molar-refractivity contribution in [2.75, 3.05) is 18.4 Å². The molecule has 1 amide bonds. The summed E-state index contributed by atoms with van der Waals surface area (Å²) in [6, 6.07) is 16.5. The Morgan fingerprint density at radius 3 is 2.64 bits per heavy atom. The molecule has 0 bridgehead atoms. The van der Waals surface area contributed by atoms with E-state index >= 15 is 0 Å². The Balaban J connectivity index is 1.40. The predicted molar refractivity (Wildman–Crippen MR) is 107 cm³/mol. The SMILES string of the molecule is O=C(NCCCNc1ccccc1)c1nn(-c2ccccc2F)c2c1CCC2. The molecule has 0 saturated heterocycles. The van der Waals surface area contributed by atoms with Crippen molar-refractivity contribution >= 4 is 11.6 Å². The van der Waals surface area contributed by atoms with Crippen LogP contribution in [0.15, 0.2) is 54.6 Å². The number of amides is 1. The van der Waals surface area contributed by atoms with Gasteiger partial charge in [-0.2, -0.15) is 5.10 Å². The van der Waals surface area contributed by atoms with E-state index in [0.717, 1.165) is 49.2 Å². The number of halogens is 1. The zero-order valence-electron chi connectivity index (χ0n) is 15.6. The van der Waals surface area contributed by atoms with Gasteiger partial charge in [0, 0.05) is 30.0 Å². The average Bonchev–Trinajstić information content (AvgIpc) is 3.32. The van der Waals surface area contributed by atoms with Crippen molar-refractivity contribution in [3.8, 4) is 5.69 Å². The van der Waals surface area contributed by atoms with E-state index < -0.39 is 0 Å². The molecule has 6 heteroatoms. The molecule has 144 valence electrons. The molecule has 1 aromatic heterocycles. The molecule has 0 fully saturated rings. The molecule has 0 atom stereocenters. The van der Waals surface area contributed by atoms with Crippen molar-refractivity contribution in [3.63, 3.8) is 0 Å². The summed E-state index contributed by atoms with van der Waals surface area (Å²) < 4.78 is 15.8. The second kappa shape index (κ2) is 8.25. The van der Waals surface area contributed by atoms with Crippen molar-refractivity contribution < 1.29 is 9.18 Å². The fourth-order valence-corrected chi connectivity index (χ4v) is 3.61. The predicted octanol–water partition coefficient (Wildman–Crippen LogP) is 3.73. The third-order valence-electron chi connectivity index (χ3n) is 4.97. The maximum absolute atomic E-state index is 14.2. The van der Waals surface area contributed by atoms with Crippen molar-refractivity contribution in [3.05, 3.63) is 77.4 Å². The molecule has 0 unspecified atom stereocenters. The number of hydrogen-bond donors (Lipinski definition) is 2. The van der Waals surface area contributed by atoms with Crippen LogP contribution in [0, 0.1) is 5.82 Å². The number of rotatable bonds is 7. The number of anilines is 1. The van der Waals surface area contributed by atoms with E-state index in [-0.39, 0.29) is 11.7 Å². The first-order chi connectivity index (χ1) is 13.7. The van der Waals surface area contributed by atoms with Crippen LogP contribution in [0.4, 0.5) is 10.1 Å². The summed E-state index contributed by atoms with van der Waals surface area (Å²) in [5, 5.41) is 10.7. The summed E-state index contributed by atoms with van der Waals surface area (Å²) in [7, 11) is 0. The van der Waals surface area contributed by atoms with Gasteiger partial charge in [0.25, 0.3) is 5.91 Å². The number of aromatic nitrogens is 2. The standard InChI is InChI=1S/C22H23FN4O/c23-18-11-4-5-12-20(18)27-19-13-6-10-17(19)21(26-27)22(28)25-15-7-14-24-16-8-2-1-3-9-16/h1-5,8-9,11-12,24H,6-7,10,13-15H2,(H,25,28). The lowest BCUT2D eigenvalue weighted by molar-refractivity contribution is 0.0947. The molecule has 1 aliphatic rings. The summed E-state index contributed by atoms with van der Waals surface area (Å²) in [6.07, 6.45) is 3.38. The van der Waals surface area contributed by atoms with Gasteiger partial charge >= 0.3 is 0 Å². The van der Waals surface area contributed by atoms with E-state index in [0.29, 0.717) is 17.9 Å². The van der Waals surface area contributed by atoms with E-state index in [9.17, 15) is 9.18 Å². The molecule has 0 radical (unpaired) electrons. The fourth-order valence-electron chi connectivity index (χ4n) is 3.61. The smallest absolute Gasteiger partial charge is 0.272 e. The molecule has 2 N–H and O–H groups in total. The number of carbonyl (C=O) groups excluding carboxylic acids is 1. The minimum Gasteiger partial charge on any atom is -0.385 e. The largest absolute Gasteiger partial charge is 0.385 e. The van der Waals surface area contributed by atoms with Gasteiger partial charge in [-0.3, -0.25) is 4.79 Å². The molecule has 1 heterocycles. The molecule has 0 aliphatic heterocycles. The first-order valence-corrected chi connectivity index (χ1v) is 9.67. The molecule has 3 aromatic rings. The van der Waals surface area contributed by atoms with Gasteiger partial charge in [-0.15, -0.1) is 0 Å². The lowest BCUT2D eigenvalue weighted by Crippen LogP contribution is -2.27. The van der Waals surface area contributed by atoms with E-state index in [1.807, 2.05) is 30.3 Å². The van der Waals surface area contributed by atoms with Crippen LogP contribution in [-0.4, -0.2) is 28.8 Å². The van der Waals surface area contributed by atoms with Crippen molar-refractivity contribution in [2.45, 2.75) is 25.7 Å². The number of fused-ring (bicyclic) bond motifs is 1. The summed E-state index contributed by atoms with van der Waals surface area (Å²) in [5.74, 6) is -0.522. The van der Waals surface area contributed by atoms with Crippen LogP contribution in [0.3, 0.4) is 0 Å². The zero-order valence-corrected chi connectivity index (χ0v) is 15.6. The van der Waals surface area contributed by atoms with Gasteiger partial charge < -0.3 is 10.6 Å². The van der Waals surface area contributed by atoms with E-state index in [2.05, 4.69) is 15.7 Å². The minimum absolute atomic E-state index is 0.187. The highest BCUT2D eigenvalue weighted by molar-refractivity contribution is 5.94. The Morgan fingerprint density at radius 1 is 1.04 bits per heavy atom. The Hall–Kier alpha value is -3.15. The Kier molecular flexibility index (Phi) is 5.37.